The lowest BCUT2D eigenvalue weighted by Gasteiger charge is -2.31. The molecule has 1 aromatic heterocycles. The molecule has 2 heterocycles. The van der Waals surface area contributed by atoms with Crippen molar-refractivity contribution in [2.24, 2.45) is 0 Å². The number of rotatable bonds is 4. The van der Waals surface area contributed by atoms with Crippen LogP contribution in [0.4, 0.5) is 11.5 Å². The zero-order chi connectivity index (χ0) is 18.9. The Hall–Kier alpha value is -2.47. The highest BCUT2D eigenvalue weighted by molar-refractivity contribution is 6.30. The van der Waals surface area contributed by atoms with Crippen LogP contribution in [-0.4, -0.2) is 22.7 Å². The maximum atomic E-state index is 12.4. The molecule has 1 atom stereocenters. The average molecular weight is 388 g/mol. The number of fused-ring (bicyclic) bond motifs is 1. The van der Waals surface area contributed by atoms with E-state index in [1.54, 1.807) is 19.1 Å². The van der Waals surface area contributed by atoms with Crippen LogP contribution in [0.15, 0.2) is 36.5 Å². The highest BCUT2D eigenvalue weighted by Crippen LogP contribution is 2.46. The summed E-state index contributed by atoms with van der Waals surface area (Å²) < 4.78 is 12.2. The van der Waals surface area contributed by atoms with Crippen molar-refractivity contribution in [3.63, 3.8) is 0 Å². The second-order valence-electron chi connectivity index (χ2n) is 7.05. The fourth-order valence-corrected chi connectivity index (χ4v) is 3.59. The van der Waals surface area contributed by atoms with Gasteiger partial charge in [-0.15, -0.1) is 0 Å². The third-order valence-corrected chi connectivity index (χ3v) is 5.13. The van der Waals surface area contributed by atoms with Gasteiger partial charge in [0.15, 0.2) is 11.5 Å². The maximum absolute atomic E-state index is 12.4. The van der Waals surface area contributed by atoms with Gasteiger partial charge in [0.1, 0.15) is 11.9 Å². The van der Waals surface area contributed by atoms with E-state index in [0.717, 1.165) is 42.9 Å². The first-order valence-corrected chi connectivity index (χ1v) is 9.62. The van der Waals surface area contributed by atoms with Crippen LogP contribution in [0.2, 0.25) is 5.02 Å². The molecule has 2 aliphatic rings. The summed E-state index contributed by atoms with van der Waals surface area (Å²) in [7, 11) is 0. The number of carbonyl (C=O) groups excluding carboxylic acids is 1. The van der Waals surface area contributed by atoms with E-state index in [1.807, 2.05) is 18.2 Å². The minimum atomic E-state index is -0.498. The van der Waals surface area contributed by atoms with Gasteiger partial charge in [-0.25, -0.2) is 4.98 Å². The predicted octanol–water partition coefficient (Wildman–Crippen LogP) is 4.61. The summed E-state index contributed by atoms with van der Waals surface area (Å²) in [5.41, 5.74) is 0.803. The molecule has 1 aliphatic carbocycles. The number of ether oxygens (including phenoxy) is 2. The van der Waals surface area contributed by atoms with Crippen LogP contribution in [0, 0.1) is 0 Å². The molecule has 1 saturated carbocycles. The van der Waals surface area contributed by atoms with Gasteiger partial charge in [-0.3, -0.25) is 4.79 Å². The first-order chi connectivity index (χ1) is 13.0. The summed E-state index contributed by atoms with van der Waals surface area (Å²) in [5, 5.41) is 6.48. The molecule has 0 saturated heterocycles. The van der Waals surface area contributed by atoms with Crippen molar-refractivity contribution in [1.29, 1.82) is 0 Å². The van der Waals surface area contributed by atoms with Gasteiger partial charge in [-0.1, -0.05) is 18.0 Å². The molecule has 6 nitrogen and oxygen atoms in total. The molecule has 1 spiro atoms. The Labute approximate surface area is 163 Å². The third kappa shape index (κ3) is 3.95. The molecule has 1 aromatic carbocycles. The minimum Gasteiger partial charge on any atom is -0.448 e. The molecule has 2 N–H and O–H groups in total. The molecule has 0 radical (unpaired) electrons. The summed E-state index contributed by atoms with van der Waals surface area (Å²) in [6, 6.07) is 8.58. The number of amides is 1. The smallest absolute Gasteiger partial charge is 0.251 e. The molecule has 7 heteroatoms. The second-order valence-corrected chi connectivity index (χ2v) is 7.49. The van der Waals surface area contributed by atoms with E-state index in [4.69, 9.17) is 21.1 Å². The molecule has 1 amide bonds. The Morgan fingerprint density at radius 1 is 1.15 bits per heavy atom. The standard InChI is InChI=1S/C20H22ClN3O3/c1-13(19(25)24-18-8-5-14(21)12-22-18)23-15-6-7-16-17(11-15)27-20(26-16)9-3-2-4-10-20/h5-8,11-13,23H,2-4,9-10H2,1H3,(H,22,24,25)/t13-/m0/s1. The van der Waals surface area contributed by atoms with Crippen molar-refractivity contribution in [3.8, 4) is 11.5 Å². The van der Waals surface area contributed by atoms with Crippen molar-refractivity contribution in [2.75, 3.05) is 10.6 Å². The van der Waals surface area contributed by atoms with Gasteiger partial charge in [0, 0.05) is 30.8 Å². The van der Waals surface area contributed by atoms with Crippen LogP contribution in [0.3, 0.4) is 0 Å². The normalized spacial score (nSPS) is 18.1. The number of carbonyl (C=O) groups is 1. The monoisotopic (exact) mass is 387 g/mol. The quantitative estimate of drug-likeness (QED) is 0.801. The van der Waals surface area contributed by atoms with Crippen LogP contribution in [0.25, 0.3) is 0 Å². The summed E-state index contributed by atoms with van der Waals surface area (Å²) in [6.45, 7) is 1.79. The number of hydrogen-bond acceptors (Lipinski definition) is 5. The Bertz CT molecular complexity index is 835. The topological polar surface area (TPSA) is 72.5 Å². The Balaban J connectivity index is 1.39. The third-order valence-electron chi connectivity index (χ3n) is 4.91. The lowest BCUT2D eigenvalue weighted by Crippen LogP contribution is -2.40. The first kappa shape index (κ1) is 17.9. The van der Waals surface area contributed by atoms with E-state index < -0.39 is 11.8 Å². The molecule has 4 rings (SSSR count). The summed E-state index contributed by atoms with van der Waals surface area (Å²) in [6.07, 6.45) is 6.79. The molecular formula is C20H22ClN3O3. The van der Waals surface area contributed by atoms with Gasteiger partial charge >= 0.3 is 0 Å². The fraction of sp³-hybridized carbons (Fsp3) is 0.400. The molecule has 2 aromatic rings. The van der Waals surface area contributed by atoms with Crippen LogP contribution in [-0.2, 0) is 4.79 Å². The number of benzene rings is 1. The maximum Gasteiger partial charge on any atom is 0.251 e. The van der Waals surface area contributed by atoms with Gasteiger partial charge in [-0.2, -0.15) is 0 Å². The van der Waals surface area contributed by atoms with Crippen molar-refractivity contribution >= 4 is 29.0 Å². The Morgan fingerprint density at radius 2 is 1.93 bits per heavy atom. The predicted molar refractivity (Wildman–Crippen MR) is 104 cm³/mol. The summed E-state index contributed by atoms with van der Waals surface area (Å²) in [4.78, 5) is 16.5. The van der Waals surface area contributed by atoms with E-state index >= 15 is 0 Å². The SMILES string of the molecule is C[C@H](Nc1ccc2c(c1)OC1(CCCCC1)O2)C(=O)Nc1ccc(Cl)cn1. The van der Waals surface area contributed by atoms with E-state index in [0.29, 0.717) is 10.8 Å². The zero-order valence-electron chi connectivity index (χ0n) is 15.1. The first-order valence-electron chi connectivity index (χ1n) is 9.24. The van der Waals surface area contributed by atoms with Gasteiger partial charge in [0.2, 0.25) is 5.91 Å². The van der Waals surface area contributed by atoms with Crippen molar-refractivity contribution < 1.29 is 14.3 Å². The van der Waals surface area contributed by atoms with E-state index in [2.05, 4.69) is 15.6 Å². The second kappa shape index (κ2) is 7.27. The number of aromatic nitrogens is 1. The fourth-order valence-electron chi connectivity index (χ4n) is 3.48. The molecule has 1 aliphatic heterocycles. The van der Waals surface area contributed by atoms with Crippen LogP contribution in [0.1, 0.15) is 39.0 Å². The van der Waals surface area contributed by atoms with Gasteiger partial charge in [-0.05, 0) is 44.0 Å². The number of hydrogen-bond donors (Lipinski definition) is 2. The van der Waals surface area contributed by atoms with Crippen LogP contribution < -0.4 is 20.1 Å². The largest absolute Gasteiger partial charge is 0.448 e. The summed E-state index contributed by atoms with van der Waals surface area (Å²) >= 11 is 5.81. The number of halogens is 1. The number of nitrogens with one attached hydrogen (secondary N) is 2. The van der Waals surface area contributed by atoms with Crippen molar-refractivity contribution in [2.45, 2.75) is 50.9 Å². The number of pyridine rings is 1. The van der Waals surface area contributed by atoms with E-state index in [-0.39, 0.29) is 5.91 Å². The lowest BCUT2D eigenvalue weighted by molar-refractivity contribution is -0.116. The molecule has 27 heavy (non-hydrogen) atoms. The van der Waals surface area contributed by atoms with Gasteiger partial charge < -0.3 is 20.1 Å². The molecular weight excluding hydrogens is 366 g/mol. The van der Waals surface area contributed by atoms with Gasteiger partial charge in [0.25, 0.3) is 5.79 Å². The Kier molecular flexibility index (Phi) is 4.83. The minimum absolute atomic E-state index is 0.189. The molecule has 0 bridgehead atoms. The molecule has 0 unspecified atom stereocenters. The van der Waals surface area contributed by atoms with Crippen molar-refractivity contribution in [1.82, 2.24) is 4.98 Å². The lowest BCUT2D eigenvalue weighted by atomic mass is 9.94. The van der Waals surface area contributed by atoms with Crippen LogP contribution in [0.5, 0.6) is 11.5 Å². The number of anilines is 2. The van der Waals surface area contributed by atoms with Crippen molar-refractivity contribution in [3.05, 3.63) is 41.6 Å². The van der Waals surface area contributed by atoms with Crippen LogP contribution >= 0.6 is 11.6 Å². The summed E-state index contributed by atoms with van der Waals surface area (Å²) in [5.74, 6) is 1.27. The zero-order valence-corrected chi connectivity index (χ0v) is 15.9. The average Bonchev–Trinajstić information content (AvgIpc) is 3.00. The highest BCUT2D eigenvalue weighted by Gasteiger charge is 2.42. The molecule has 1 fully saturated rings. The molecule has 142 valence electrons. The van der Waals surface area contributed by atoms with E-state index in [9.17, 15) is 4.79 Å². The van der Waals surface area contributed by atoms with Gasteiger partial charge in [0.05, 0.1) is 5.02 Å². The number of nitrogens with zero attached hydrogens (tertiary/aromatic N) is 1. The Morgan fingerprint density at radius 3 is 2.67 bits per heavy atom. The highest BCUT2D eigenvalue weighted by atomic mass is 35.5. The van der Waals surface area contributed by atoms with E-state index in [1.165, 1.54) is 12.6 Å².